The molecule has 0 bridgehead atoms. The summed E-state index contributed by atoms with van der Waals surface area (Å²) in [6.07, 6.45) is 2.13. The average Bonchev–Trinajstić information content (AvgIpc) is 2.28. The van der Waals surface area contributed by atoms with Gasteiger partial charge in [-0.25, -0.2) is 4.98 Å². The molecule has 5 heteroatoms. The molecule has 2 N–H and O–H groups in total. The van der Waals surface area contributed by atoms with Gasteiger partial charge in [0.15, 0.2) is 0 Å². The van der Waals surface area contributed by atoms with Gasteiger partial charge in [0.2, 0.25) is 0 Å². The molecule has 0 atom stereocenters. The summed E-state index contributed by atoms with van der Waals surface area (Å²) in [6, 6.07) is 3.42. The largest absolute Gasteiger partial charge is 0.396 e. The quantitative estimate of drug-likeness (QED) is 0.820. The number of pyridine rings is 1. The van der Waals surface area contributed by atoms with Gasteiger partial charge in [-0.05, 0) is 32.4 Å². The maximum Gasteiger partial charge on any atom is 0.251 e. The Morgan fingerprint density at radius 2 is 2.17 bits per heavy atom. The molecular formula is C13H21N3O2. The number of amides is 1. The van der Waals surface area contributed by atoms with Crippen LogP contribution in [0, 0.1) is 0 Å². The third kappa shape index (κ3) is 4.00. The van der Waals surface area contributed by atoms with Gasteiger partial charge in [-0.15, -0.1) is 0 Å². The highest BCUT2D eigenvalue weighted by Gasteiger charge is 2.20. The summed E-state index contributed by atoms with van der Waals surface area (Å²) in [5, 5.41) is 11.8. The van der Waals surface area contributed by atoms with Gasteiger partial charge in [0.05, 0.1) is 0 Å². The Labute approximate surface area is 108 Å². The van der Waals surface area contributed by atoms with E-state index in [0.717, 1.165) is 5.82 Å². The normalized spacial score (nSPS) is 11.2. The topological polar surface area (TPSA) is 65.5 Å². The molecule has 1 heterocycles. The molecule has 0 saturated carbocycles. The molecule has 0 fully saturated rings. The summed E-state index contributed by atoms with van der Waals surface area (Å²) in [5.41, 5.74) is 0.146. The van der Waals surface area contributed by atoms with Gasteiger partial charge in [-0.1, -0.05) is 0 Å². The van der Waals surface area contributed by atoms with Gasteiger partial charge >= 0.3 is 0 Å². The minimum Gasteiger partial charge on any atom is -0.396 e. The van der Waals surface area contributed by atoms with Crippen molar-refractivity contribution in [2.24, 2.45) is 0 Å². The maximum absolute atomic E-state index is 12.1. The lowest BCUT2D eigenvalue weighted by atomic mass is 10.0. The molecule has 5 nitrogen and oxygen atoms in total. The van der Waals surface area contributed by atoms with E-state index in [0.29, 0.717) is 12.0 Å². The van der Waals surface area contributed by atoms with E-state index < -0.39 is 5.54 Å². The van der Waals surface area contributed by atoms with Crippen LogP contribution in [0.5, 0.6) is 0 Å². The number of nitrogens with zero attached hydrogens (tertiary/aromatic N) is 2. The Hall–Kier alpha value is -1.62. The van der Waals surface area contributed by atoms with Crippen LogP contribution in [0.1, 0.15) is 30.6 Å². The minimum absolute atomic E-state index is 0.0482. The van der Waals surface area contributed by atoms with E-state index in [1.807, 2.05) is 32.8 Å². The van der Waals surface area contributed by atoms with E-state index in [1.165, 1.54) is 0 Å². The van der Waals surface area contributed by atoms with Gasteiger partial charge < -0.3 is 15.3 Å². The van der Waals surface area contributed by atoms with Crippen LogP contribution < -0.4 is 10.2 Å². The van der Waals surface area contributed by atoms with E-state index in [4.69, 9.17) is 5.11 Å². The molecule has 1 aromatic rings. The van der Waals surface area contributed by atoms with Crippen molar-refractivity contribution in [1.29, 1.82) is 0 Å². The van der Waals surface area contributed by atoms with E-state index in [2.05, 4.69) is 10.3 Å². The fourth-order valence-corrected chi connectivity index (χ4v) is 1.53. The number of nitrogens with one attached hydrogen (secondary N) is 1. The van der Waals surface area contributed by atoms with E-state index in [-0.39, 0.29) is 12.5 Å². The fraction of sp³-hybridized carbons (Fsp3) is 0.538. The van der Waals surface area contributed by atoms with Crippen LogP contribution in [0.2, 0.25) is 0 Å². The second-order valence-electron chi connectivity index (χ2n) is 5.11. The zero-order valence-corrected chi connectivity index (χ0v) is 11.4. The molecule has 0 aromatic carbocycles. The van der Waals surface area contributed by atoms with Crippen molar-refractivity contribution in [1.82, 2.24) is 10.3 Å². The molecule has 100 valence electrons. The number of carbonyl (C=O) groups is 1. The van der Waals surface area contributed by atoms with Gasteiger partial charge in [-0.2, -0.15) is 0 Å². The van der Waals surface area contributed by atoms with Gasteiger partial charge in [0.25, 0.3) is 5.91 Å². The highest BCUT2D eigenvalue weighted by atomic mass is 16.3. The molecule has 0 saturated heterocycles. The second kappa shape index (κ2) is 5.82. The number of aromatic nitrogens is 1. The first kappa shape index (κ1) is 14.4. The lowest BCUT2D eigenvalue weighted by Crippen LogP contribution is -2.44. The molecule has 0 aliphatic carbocycles. The fourth-order valence-electron chi connectivity index (χ4n) is 1.53. The van der Waals surface area contributed by atoms with E-state index >= 15 is 0 Å². The SMILES string of the molecule is CN(C)c1cc(C(=O)NC(C)(C)CCO)ccn1. The maximum atomic E-state index is 12.1. The third-order valence-corrected chi connectivity index (χ3v) is 2.65. The monoisotopic (exact) mass is 251 g/mol. The van der Waals surface area contributed by atoms with Crippen molar-refractivity contribution in [3.63, 3.8) is 0 Å². The molecule has 0 spiro atoms. The Morgan fingerprint density at radius 3 is 2.72 bits per heavy atom. The predicted molar refractivity (Wildman–Crippen MR) is 71.8 cm³/mol. The smallest absolute Gasteiger partial charge is 0.251 e. The first-order valence-electron chi connectivity index (χ1n) is 5.92. The van der Waals surface area contributed by atoms with Crippen LogP contribution in [-0.2, 0) is 0 Å². The Balaban J connectivity index is 2.81. The van der Waals surface area contributed by atoms with Crippen molar-refractivity contribution >= 4 is 11.7 Å². The highest BCUT2D eigenvalue weighted by Crippen LogP contribution is 2.12. The number of hydrogen-bond acceptors (Lipinski definition) is 4. The molecule has 1 aromatic heterocycles. The van der Waals surface area contributed by atoms with Gasteiger partial charge in [-0.3, -0.25) is 4.79 Å². The zero-order chi connectivity index (χ0) is 13.8. The summed E-state index contributed by atoms with van der Waals surface area (Å²) >= 11 is 0. The van der Waals surface area contributed by atoms with Crippen molar-refractivity contribution in [2.75, 3.05) is 25.6 Å². The molecule has 0 aliphatic heterocycles. The summed E-state index contributed by atoms with van der Waals surface area (Å²) in [5.74, 6) is 0.585. The lowest BCUT2D eigenvalue weighted by molar-refractivity contribution is 0.0899. The zero-order valence-electron chi connectivity index (χ0n) is 11.4. The highest BCUT2D eigenvalue weighted by molar-refractivity contribution is 5.95. The van der Waals surface area contributed by atoms with Crippen molar-refractivity contribution < 1.29 is 9.90 Å². The lowest BCUT2D eigenvalue weighted by Gasteiger charge is -2.25. The average molecular weight is 251 g/mol. The van der Waals surface area contributed by atoms with Crippen LogP contribution >= 0.6 is 0 Å². The number of aliphatic hydroxyl groups is 1. The summed E-state index contributed by atoms with van der Waals surface area (Å²) in [6.45, 7) is 3.82. The molecular weight excluding hydrogens is 230 g/mol. The van der Waals surface area contributed by atoms with Crippen LogP contribution in [0.25, 0.3) is 0 Å². The number of rotatable bonds is 5. The number of carbonyl (C=O) groups excluding carboxylic acids is 1. The first-order chi connectivity index (χ1) is 8.35. The molecule has 1 rings (SSSR count). The molecule has 0 radical (unpaired) electrons. The summed E-state index contributed by atoms with van der Waals surface area (Å²) in [7, 11) is 3.75. The molecule has 1 amide bonds. The second-order valence-corrected chi connectivity index (χ2v) is 5.11. The van der Waals surface area contributed by atoms with Crippen molar-refractivity contribution in [3.05, 3.63) is 23.9 Å². The molecule has 0 aliphatic rings. The Bertz CT molecular complexity index is 416. The summed E-state index contributed by atoms with van der Waals surface area (Å²) in [4.78, 5) is 18.1. The number of hydrogen-bond donors (Lipinski definition) is 2. The van der Waals surface area contributed by atoms with Crippen LogP contribution in [-0.4, -0.2) is 42.2 Å². The van der Waals surface area contributed by atoms with Gasteiger partial charge in [0, 0.05) is 38.0 Å². The van der Waals surface area contributed by atoms with Crippen LogP contribution in [0.3, 0.4) is 0 Å². The third-order valence-electron chi connectivity index (χ3n) is 2.65. The molecule has 0 unspecified atom stereocenters. The number of aliphatic hydroxyl groups excluding tert-OH is 1. The Kier molecular flexibility index (Phi) is 4.67. The Morgan fingerprint density at radius 1 is 1.50 bits per heavy atom. The number of anilines is 1. The van der Waals surface area contributed by atoms with Crippen LogP contribution in [0.4, 0.5) is 5.82 Å². The van der Waals surface area contributed by atoms with E-state index in [1.54, 1.807) is 18.3 Å². The minimum atomic E-state index is -0.423. The molecule has 18 heavy (non-hydrogen) atoms. The van der Waals surface area contributed by atoms with Gasteiger partial charge in [0.1, 0.15) is 5.82 Å². The van der Waals surface area contributed by atoms with Crippen LogP contribution in [0.15, 0.2) is 18.3 Å². The first-order valence-corrected chi connectivity index (χ1v) is 5.92. The van der Waals surface area contributed by atoms with Crippen molar-refractivity contribution in [3.8, 4) is 0 Å². The van der Waals surface area contributed by atoms with E-state index in [9.17, 15) is 4.79 Å². The standard InChI is InChI=1S/C13H21N3O2/c1-13(2,6-8-17)15-12(18)10-5-7-14-11(9-10)16(3)4/h5,7,9,17H,6,8H2,1-4H3,(H,15,18). The van der Waals surface area contributed by atoms with Crippen molar-refractivity contribution in [2.45, 2.75) is 25.8 Å². The predicted octanol–water partition coefficient (Wildman–Crippen LogP) is 1.04. The summed E-state index contributed by atoms with van der Waals surface area (Å²) < 4.78 is 0.